The number of ether oxygens (including phenoxy) is 1. The first kappa shape index (κ1) is 15.4. The van der Waals surface area contributed by atoms with Crippen LogP contribution in [0.4, 0.5) is 8.78 Å². The molecule has 6 nitrogen and oxygen atoms in total. The average molecular weight is 323 g/mol. The van der Waals surface area contributed by atoms with Gasteiger partial charge in [0.15, 0.2) is 17.5 Å². The molecule has 1 saturated heterocycles. The molecule has 8 heteroatoms. The van der Waals surface area contributed by atoms with Gasteiger partial charge in [0.1, 0.15) is 11.3 Å². The summed E-state index contributed by atoms with van der Waals surface area (Å²) in [5, 5.41) is 3.72. The fourth-order valence-electron chi connectivity index (χ4n) is 2.69. The molecule has 1 amide bonds. The Morgan fingerprint density at radius 1 is 1.43 bits per heavy atom. The van der Waals surface area contributed by atoms with Gasteiger partial charge in [-0.1, -0.05) is 5.16 Å². The van der Waals surface area contributed by atoms with Gasteiger partial charge >= 0.3 is 0 Å². The summed E-state index contributed by atoms with van der Waals surface area (Å²) in [6.45, 7) is 2.40. The predicted molar refractivity (Wildman–Crippen MR) is 75.2 cm³/mol. The van der Waals surface area contributed by atoms with E-state index >= 15 is 0 Å². The second-order valence-electron chi connectivity index (χ2n) is 5.36. The minimum absolute atomic E-state index is 0.00554. The second-order valence-corrected chi connectivity index (χ2v) is 5.36. The van der Waals surface area contributed by atoms with E-state index in [2.05, 4.69) is 10.1 Å². The molecule has 1 atom stereocenters. The molecule has 2 aromatic rings. The molecule has 0 bridgehead atoms. The number of methoxy groups -OCH3 is 1. The monoisotopic (exact) mass is 323 g/mol. The molecule has 2 heterocycles. The van der Waals surface area contributed by atoms with Crippen LogP contribution >= 0.6 is 0 Å². The summed E-state index contributed by atoms with van der Waals surface area (Å²) < 4.78 is 37.6. The number of nitrogens with zero attached hydrogens (tertiary/aromatic N) is 3. The zero-order chi connectivity index (χ0) is 16.6. The molecule has 0 saturated carbocycles. The van der Waals surface area contributed by atoms with Crippen LogP contribution < -0.4 is 4.74 Å². The Labute approximate surface area is 131 Å². The number of rotatable bonds is 3. The summed E-state index contributed by atoms with van der Waals surface area (Å²) >= 11 is 0. The Balaban J connectivity index is 1.84. The highest BCUT2D eigenvalue weighted by Crippen LogP contribution is 2.30. The van der Waals surface area contributed by atoms with E-state index in [0.29, 0.717) is 31.2 Å². The van der Waals surface area contributed by atoms with Crippen LogP contribution in [0, 0.1) is 18.6 Å². The van der Waals surface area contributed by atoms with Crippen LogP contribution in [-0.2, 0) is 0 Å². The Morgan fingerprint density at radius 3 is 2.87 bits per heavy atom. The molecule has 1 unspecified atom stereocenters. The van der Waals surface area contributed by atoms with Gasteiger partial charge in [0, 0.05) is 13.1 Å². The van der Waals surface area contributed by atoms with E-state index in [4.69, 9.17) is 9.26 Å². The van der Waals surface area contributed by atoms with Crippen molar-refractivity contribution in [1.82, 2.24) is 15.0 Å². The van der Waals surface area contributed by atoms with Gasteiger partial charge in [-0.15, -0.1) is 0 Å². The minimum Gasteiger partial charge on any atom is -0.496 e. The van der Waals surface area contributed by atoms with E-state index in [9.17, 15) is 13.6 Å². The fourth-order valence-corrected chi connectivity index (χ4v) is 2.69. The maximum absolute atomic E-state index is 14.0. The first-order valence-electron chi connectivity index (χ1n) is 7.12. The summed E-state index contributed by atoms with van der Waals surface area (Å²) in [5.41, 5.74) is -0.394. The number of hydrogen-bond acceptors (Lipinski definition) is 5. The van der Waals surface area contributed by atoms with E-state index in [1.54, 1.807) is 6.92 Å². The van der Waals surface area contributed by atoms with E-state index < -0.39 is 23.1 Å². The molecule has 1 aliphatic rings. The van der Waals surface area contributed by atoms with Gasteiger partial charge in [-0.25, -0.2) is 8.78 Å². The van der Waals surface area contributed by atoms with Crippen molar-refractivity contribution < 1.29 is 22.8 Å². The molecule has 0 N–H and O–H groups in total. The lowest BCUT2D eigenvalue weighted by Crippen LogP contribution is -2.30. The largest absolute Gasteiger partial charge is 0.496 e. The third-order valence-corrected chi connectivity index (χ3v) is 3.86. The number of likely N-dealkylation sites (tertiary alicyclic amines) is 1. The van der Waals surface area contributed by atoms with E-state index in [0.717, 1.165) is 6.07 Å². The van der Waals surface area contributed by atoms with Gasteiger partial charge in [0.2, 0.25) is 5.89 Å². The molecule has 122 valence electrons. The summed E-state index contributed by atoms with van der Waals surface area (Å²) in [6, 6.07) is 2.17. The Bertz CT molecular complexity index is 748. The van der Waals surface area contributed by atoms with Crippen molar-refractivity contribution in [3.8, 4) is 5.75 Å². The van der Waals surface area contributed by atoms with Crippen LogP contribution in [-0.4, -0.2) is 41.1 Å². The topological polar surface area (TPSA) is 68.5 Å². The molecule has 1 fully saturated rings. The number of benzene rings is 1. The van der Waals surface area contributed by atoms with Crippen molar-refractivity contribution >= 4 is 5.91 Å². The molecule has 23 heavy (non-hydrogen) atoms. The maximum Gasteiger partial charge on any atom is 0.260 e. The molecule has 0 spiro atoms. The number of halogens is 2. The van der Waals surface area contributed by atoms with Crippen LogP contribution in [0.5, 0.6) is 5.75 Å². The number of amides is 1. The normalized spacial score (nSPS) is 17.6. The predicted octanol–water partition coefficient (Wildman–Crippen LogP) is 2.29. The van der Waals surface area contributed by atoms with Gasteiger partial charge in [0.05, 0.1) is 13.0 Å². The summed E-state index contributed by atoms with van der Waals surface area (Å²) in [4.78, 5) is 18.1. The molecule has 1 aromatic carbocycles. The van der Waals surface area contributed by atoms with Crippen molar-refractivity contribution in [3.05, 3.63) is 41.0 Å². The molecule has 0 radical (unpaired) electrons. The number of aryl methyl sites for hydroxylation is 1. The van der Waals surface area contributed by atoms with Gasteiger partial charge < -0.3 is 14.2 Å². The molecular formula is C15H15F2N3O3. The smallest absolute Gasteiger partial charge is 0.260 e. The van der Waals surface area contributed by atoms with Crippen molar-refractivity contribution in [2.75, 3.05) is 20.2 Å². The number of carbonyl (C=O) groups is 1. The van der Waals surface area contributed by atoms with E-state index in [-0.39, 0.29) is 11.7 Å². The molecule has 0 aliphatic carbocycles. The van der Waals surface area contributed by atoms with Gasteiger partial charge in [-0.2, -0.15) is 4.98 Å². The van der Waals surface area contributed by atoms with Gasteiger partial charge in [-0.05, 0) is 25.5 Å². The van der Waals surface area contributed by atoms with Crippen LogP contribution in [0.25, 0.3) is 0 Å². The minimum atomic E-state index is -1.20. The van der Waals surface area contributed by atoms with Crippen molar-refractivity contribution in [1.29, 1.82) is 0 Å². The highest BCUT2D eigenvalue weighted by molar-refractivity contribution is 5.97. The molecule has 3 rings (SSSR count). The summed E-state index contributed by atoms with van der Waals surface area (Å²) in [5.74, 6) is -2.04. The van der Waals surface area contributed by atoms with E-state index in [1.807, 2.05) is 0 Å². The first-order chi connectivity index (χ1) is 11.0. The summed E-state index contributed by atoms with van der Waals surface area (Å²) in [6.07, 6.45) is 0.618. The van der Waals surface area contributed by atoms with Crippen LogP contribution in [0.2, 0.25) is 0 Å². The third kappa shape index (κ3) is 2.76. The van der Waals surface area contributed by atoms with Crippen LogP contribution in [0.3, 0.4) is 0 Å². The zero-order valence-electron chi connectivity index (χ0n) is 12.7. The standard InChI is InChI=1S/C15H15F2N3O3/c1-8-18-14(23-19-8)9-5-6-20(7-9)15(21)12-11(22-2)4-3-10(16)13(12)17/h3-4,9H,5-7H2,1-2H3. The lowest BCUT2D eigenvalue weighted by Gasteiger charge is -2.18. The highest BCUT2D eigenvalue weighted by atomic mass is 19.2. The van der Waals surface area contributed by atoms with Crippen LogP contribution in [0.1, 0.15) is 34.4 Å². The highest BCUT2D eigenvalue weighted by Gasteiger charge is 2.34. The zero-order valence-corrected chi connectivity index (χ0v) is 12.7. The third-order valence-electron chi connectivity index (χ3n) is 3.86. The van der Waals surface area contributed by atoms with Gasteiger partial charge in [-0.3, -0.25) is 4.79 Å². The quantitative estimate of drug-likeness (QED) is 0.867. The fraction of sp³-hybridized carbons (Fsp3) is 0.400. The molecule has 1 aliphatic heterocycles. The number of aromatic nitrogens is 2. The van der Waals surface area contributed by atoms with Crippen molar-refractivity contribution in [2.24, 2.45) is 0 Å². The van der Waals surface area contributed by atoms with E-state index in [1.165, 1.54) is 18.1 Å². The number of carbonyl (C=O) groups excluding carboxylic acids is 1. The van der Waals surface area contributed by atoms with Crippen molar-refractivity contribution in [2.45, 2.75) is 19.3 Å². The molecular weight excluding hydrogens is 308 g/mol. The first-order valence-corrected chi connectivity index (χ1v) is 7.12. The number of hydrogen-bond donors (Lipinski definition) is 0. The Morgan fingerprint density at radius 2 is 2.22 bits per heavy atom. The lowest BCUT2D eigenvalue weighted by molar-refractivity contribution is 0.0780. The average Bonchev–Trinajstić information content (AvgIpc) is 3.18. The van der Waals surface area contributed by atoms with Crippen LogP contribution in [0.15, 0.2) is 16.7 Å². The Hall–Kier alpha value is -2.51. The maximum atomic E-state index is 14.0. The molecule has 1 aromatic heterocycles. The van der Waals surface area contributed by atoms with Gasteiger partial charge in [0.25, 0.3) is 5.91 Å². The Kier molecular flexibility index (Phi) is 3.97. The lowest BCUT2D eigenvalue weighted by atomic mass is 10.1. The second kappa shape index (κ2) is 5.94. The SMILES string of the molecule is COc1ccc(F)c(F)c1C(=O)N1CCC(c2nc(C)no2)C1. The van der Waals surface area contributed by atoms with Crippen molar-refractivity contribution in [3.63, 3.8) is 0 Å². The summed E-state index contributed by atoms with van der Waals surface area (Å²) in [7, 11) is 1.30.